The van der Waals surface area contributed by atoms with Crippen LogP contribution in [-0.2, 0) is 6.54 Å². The summed E-state index contributed by atoms with van der Waals surface area (Å²) in [5.74, 6) is 1.66. The van der Waals surface area contributed by atoms with Crippen LogP contribution in [0.4, 0.5) is 5.95 Å². The molecule has 1 aliphatic rings. The highest BCUT2D eigenvalue weighted by Gasteiger charge is 2.22. The van der Waals surface area contributed by atoms with Gasteiger partial charge in [-0.2, -0.15) is 0 Å². The molecule has 1 saturated carbocycles. The minimum Gasteiger partial charge on any atom is -0.394 e. The second-order valence-corrected chi connectivity index (χ2v) is 7.64. The molecule has 0 atom stereocenters. The lowest BCUT2D eigenvalue weighted by Gasteiger charge is -2.26. The van der Waals surface area contributed by atoms with Crippen molar-refractivity contribution in [2.45, 2.75) is 39.2 Å². The van der Waals surface area contributed by atoms with E-state index in [2.05, 4.69) is 37.5 Å². The SMILES string of the molecule is [C-]#[N+]c1nc(-c2cncc(Cl)c2)c2c(ccn2CC2CCC(C)CC2)n1. The molecule has 1 aliphatic carbocycles. The summed E-state index contributed by atoms with van der Waals surface area (Å²) in [6, 6.07) is 3.81. The van der Waals surface area contributed by atoms with Gasteiger partial charge >= 0.3 is 5.95 Å². The molecule has 3 aromatic heterocycles. The molecule has 0 aromatic carbocycles. The summed E-state index contributed by atoms with van der Waals surface area (Å²) < 4.78 is 2.24. The maximum absolute atomic E-state index is 7.30. The summed E-state index contributed by atoms with van der Waals surface area (Å²) in [4.78, 5) is 16.5. The van der Waals surface area contributed by atoms with Crippen LogP contribution in [0.1, 0.15) is 32.6 Å². The van der Waals surface area contributed by atoms with Crippen LogP contribution in [-0.4, -0.2) is 19.5 Å². The highest BCUT2D eigenvalue weighted by molar-refractivity contribution is 6.30. The zero-order valence-corrected chi connectivity index (χ0v) is 15.4. The Morgan fingerprint density at radius 3 is 2.77 bits per heavy atom. The van der Waals surface area contributed by atoms with Gasteiger partial charge in [-0.15, -0.1) is 16.5 Å². The highest BCUT2D eigenvalue weighted by atomic mass is 35.5. The Morgan fingerprint density at radius 2 is 2.04 bits per heavy atom. The van der Waals surface area contributed by atoms with Crippen LogP contribution in [0.2, 0.25) is 5.02 Å². The molecule has 0 spiro atoms. The van der Waals surface area contributed by atoms with Crippen LogP contribution >= 0.6 is 11.6 Å². The van der Waals surface area contributed by atoms with Gasteiger partial charge in [0, 0.05) is 30.7 Å². The predicted molar refractivity (Wildman–Crippen MR) is 103 cm³/mol. The third kappa shape index (κ3) is 3.30. The van der Waals surface area contributed by atoms with E-state index in [-0.39, 0.29) is 5.95 Å². The van der Waals surface area contributed by atoms with Gasteiger partial charge in [-0.1, -0.05) is 31.4 Å². The molecule has 4 rings (SSSR count). The van der Waals surface area contributed by atoms with E-state index in [4.69, 9.17) is 18.2 Å². The number of hydrogen-bond donors (Lipinski definition) is 0. The largest absolute Gasteiger partial charge is 0.394 e. The average Bonchev–Trinajstić information content (AvgIpc) is 3.05. The molecular formula is C20H20ClN5. The Hall–Kier alpha value is -2.45. The fourth-order valence-electron chi connectivity index (χ4n) is 3.83. The van der Waals surface area contributed by atoms with Gasteiger partial charge < -0.3 is 9.41 Å². The van der Waals surface area contributed by atoms with Crippen molar-refractivity contribution in [3.63, 3.8) is 0 Å². The number of hydrogen-bond acceptors (Lipinski definition) is 3. The first-order valence-electron chi connectivity index (χ1n) is 8.99. The van der Waals surface area contributed by atoms with Crippen molar-refractivity contribution in [1.29, 1.82) is 0 Å². The summed E-state index contributed by atoms with van der Waals surface area (Å²) in [5.41, 5.74) is 3.29. The van der Waals surface area contributed by atoms with Crippen molar-refractivity contribution < 1.29 is 0 Å². The molecule has 0 unspecified atom stereocenters. The average molecular weight is 366 g/mol. The molecule has 0 bridgehead atoms. The maximum Gasteiger partial charge on any atom is 0.372 e. The monoisotopic (exact) mass is 365 g/mol. The lowest BCUT2D eigenvalue weighted by molar-refractivity contribution is 0.267. The van der Waals surface area contributed by atoms with Crippen molar-refractivity contribution in [2.75, 3.05) is 0 Å². The van der Waals surface area contributed by atoms with E-state index in [1.165, 1.54) is 25.7 Å². The number of pyridine rings is 1. The molecule has 0 radical (unpaired) electrons. The Bertz CT molecular complexity index is 980. The first kappa shape index (κ1) is 17.0. The van der Waals surface area contributed by atoms with Gasteiger partial charge in [0.25, 0.3) is 0 Å². The third-order valence-electron chi connectivity index (χ3n) is 5.27. The van der Waals surface area contributed by atoms with Gasteiger partial charge in [0.2, 0.25) is 0 Å². The zero-order chi connectivity index (χ0) is 18.1. The van der Waals surface area contributed by atoms with E-state index in [9.17, 15) is 0 Å². The predicted octanol–water partition coefficient (Wildman–Crippen LogP) is 5.52. The fraction of sp³-hybridized carbons (Fsp3) is 0.400. The van der Waals surface area contributed by atoms with Crippen molar-refractivity contribution in [3.05, 3.63) is 47.2 Å². The van der Waals surface area contributed by atoms with Crippen LogP contribution < -0.4 is 0 Å². The molecule has 1 fully saturated rings. The van der Waals surface area contributed by atoms with Crippen LogP contribution in [0.15, 0.2) is 30.7 Å². The Morgan fingerprint density at radius 1 is 1.23 bits per heavy atom. The van der Waals surface area contributed by atoms with Crippen molar-refractivity contribution in [1.82, 2.24) is 19.5 Å². The van der Waals surface area contributed by atoms with Crippen molar-refractivity contribution in [2.24, 2.45) is 11.8 Å². The quantitative estimate of drug-likeness (QED) is 0.574. The van der Waals surface area contributed by atoms with Gasteiger partial charge in [0.05, 0.1) is 5.02 Å². The normalized spacial score (nSPS) is 20.2. The number of rotatable bonds is 3. The molecular weight excluding hydrogens is 346 g/mol. The molecule has 0 aliphatic heterocycles. The van der Waals surface area contributed by atoms with Crippen LogP contribution in [0.25, 0.3) is 27.1 Å². The molecule has 3 heterocycles. The van der Waals surface area contributed by atoms with Crippen molar-refractivity contribution >= 4 is 28.6 Å². The summed E-state index contributed by atoms with van der Waals surface area (Å²) in [5, 5.41) is 0.554. The highest BCUT2D eigenvalue weighted by Crippen LogP contribution is 2.33. The van der Waals surface area contributed by atoms with Crippen molar-refractivity contribution in [3.8, 4) is 11.3 Å². The minimum atomic E-state index is 0.150. The van der Waals surface area contributed by atoms with Gasteiger partial charge in [-0.25, -0.2) is 0 Å². The minimum absolute atomic E-state index is 0.150. The number of nitrogens with zero attached hydrogens (tertiary/aromatic N) is 5. The molecule has 132 valence electrons. The molecule has 0 N–H and O–H groups in total. The third-order valence-corrected chi connectivity index (χ3v) is 5.47. The smallest absolute Gasteiger partial charge is 0.372 e. The van der Waals surface area contributed by atoms with Gasteiger partial charge in [0.1, 0.15) is 11.0 Å². The summed E-state index contributed by atoms with van der Waals surface area (Å²) in [7, 11) is 0. The fourth-order valence-corrected chi connectivity index (χ4v) is 4.00. The van der Waals surface area contributed by atoms with Crippen LogP contribution in [0.3, 0.4) is 0 Å². The van der Waals surface area contributed by atoms with Gasteiger partial charge in [-0.05, 0) is 36.8 Å². The van der Waals surface area contributed by atoms with Gasteiger partial charge in [-0.3, -0.25) is 4.98 Å². The second kappa shape index (κ2) is 7.05. The molecule has 0 saturated heterocycles. The lowest BCUT2D eigenvalue weighted by atomic mass is 9.83. The molecule has 6 heteroatoms. The number of fused-ring (bicyclic) bond motifs is 1. The first-order valence-corrected chi connectivity index (χ1v) is 9.37. The second-order valence-electron chi connectivity index (χ2n) is 7.20. The number of halogens is 1. The van der Waals surface area contributed by atoms with Crippen LogP contribution in [0.5, 0.6) is 0 Å². The van der Waals surface area contributed by atoms with Crippen LogP contribution in [0, 0.1) is 18.4 Å². The van der Waals surface area contributed by atoms with E-state index in [1.54, 1.807) is 12.4 Å². The number of aromatic nitrogens is 4. The van der Waals surface area contributed by atoms with E-state index < -0.39 is 0 Å². The van der Waals surface area contributed by atoms with E-state index >= 15 is 0 Å². The standard InChI is InChI=1S/C20H20ClN5/c1-13-3-5-14(6-4-13)12-26-8-7-17-19(26)18(25-20(22-2)24-17)15-9-16(21)11-23-10-15/h7-11,13-14H,3-6,12H2,1H3. The molecule has 5 nitrogen and oxygen atoms in total. The lowest BCUT2D eigenvalue weighted by Crippen LogP contribution is -2.17. The molecule has 3 aromatic rings. The summed E-state index contributed by atoms with van der Waals surface area (Å²) in [6.45, 7) is 10.6. The van der Waals surface area contributed by atoms with Gasteiger partial charge in [0.15, 0.2) is 5.69 Å². The van der Waals surface area contributed by atoms with E-state index in [1.807, 2.05) is 12.1 Å². The summed E-state index contributed by atoms with van der Waals surface area (Å²) >= 11 is 6.13. The van der Waals surface area contributed by atoms with E-state index in [0.29, 0.717) is 10.9 Å². The zero-order valence-electron chi connectivity index (χ0n) is 14.7. The Labute approximate surface area is 157 Å². The Kier molecular flexibility index (Phi) is 4.60. The maximum atomic E-state index is 7.30. The molecule has 0 amide bonds. The Balaban J connectivity index is 1.79. The first-order chi connectivity index (χ1) is 12.6. The van der Waals surface area contributed by atoms with E-state index in [0.717, 1.165) is 34.8 Å². The topological polar surface area (TPSA) is 48.0 Å². The molecule has 26 heavy (non-hydrogen) atoms. The summed E-state index contributed by atoms with van der Waals surface area (Å²) in [6.07, 6.45) is 10.5.